The molecule has 0 aliphatic carbocycles. The Morgan fingerprint density at radius 2 is 1.48 bits per heavy atom. The highest BCUT2D eigenvalue weighted by atomic mass is 16.6. The Balaban J connectivity index is 1.81. The van der Waals surface area contributed by atoms with Crippen LogP contribution >= 0.6 is 0 Å². The van der Waals surface area contributed by atoms with Crippen LogP contribution in [0.15, 0.2) is 29.4 Å². The summed E-state index contributed by atoms with van der Waals surface area (Å²) in [4.78, 5) is 21.0. The molecule has 0 radical (unpaired) electrons. The highest BCUT2D eigenvalue weighted by molar-refractivity contribution is 5.93. The number of allylic oxidation sites excluding steroid dienone is 1. The van der Waals surface area contributed by atoms with E-state index in [0.29, 0.717) is 5.92 Å². The van der Waals surface area contributed by atoms with Crippen molar-refractivity contribution in [3.8, 4) is 0 Å². The number of likely N-dealkylation sites (tertiary alicyclic amines) is 2. The van der Waals surface area contributed by atoms with E-state index in [-0.39, 0.29) is 6.09 Å². The number of amides is 1. The van der Waals surface area contributed by atoms with Crippen LogP contribution < -0.4 is 0 Å². The second-order valence-corrected chi connectivity index (χ2v) is 9.03. The number of amidine groups is 1. The van der Waals surface area contributed by atoms with Crippen LogP contribution in [0.4, 0.5) is 4.79 Å². The number of carbonyl (C=O) groups is 1. The molecule has 0 spiro atoms. The van der Waals surface area contributed by atoms with Crippen molar-refractivity contribution in [2.45, 2.75) is 65.9 Å². The minimum absolute atomic E-state index is 0.165. The second kappa shape index (κ2) is 9.43. The van der Waals surface area contributed by atoms with Gasteiger partial charge in [-0.05, 0) is 78.2 Å². The average molecular weight is 376 g/mol. The summed E-state index contributed by atoms with van der Waals surface area (Å²) in [5.74, 6) is 2.44. The molecule has 0 aromatic rings. The molecule has 0 saturated carbocycles. The van der Waals surface area contributed by atoms with E-state index in [9.17, 15) is 4.79 Å². The molecule has 1 amide bonds. The van der Waals surface area contributed by atoms with Crippen LogP contribution in [0.2, 0.25) is 0 Å². The number of nitrogens with zero attached hydrogens (tertiary/aromatic N) is 3. The molecule has 152 valence electrons. The number of hydrogen-bond donors (Lipinski definition) is 0. The lowest BCUT2D eigenvalue weighted by Gasteiger charge is -2.40. The molecule has 5 heteroatoms. The molecule has 0 N–H and O–H groups in total. The lowest BCUT2D eigenvalue weighted by Crippen LogP contribution is -2.45. The minimum atomic E-state index is -0.420. The van der Waals surface area contributed by atoms with Gasteiger partial charge in [-0.15, -0.1) is 0 Å². The molecule has 2 aliphatic heterocycles. The fourth-order valence-electron chi connectivity index (χ4n) is 3.94. The number of carbonyl (C=O) groups excluding carboxylic acids is 1. The van der Waals surface area contributed by atoms with Gasteiger partial charge in [0.1, 0.15) is 11.4 Å². The molecule has 0 bridgehead atoms. The van der Waals surface area contributed by atoms with Crippen LogP contribution in [0.1, 0.15) is 60.3 Å². The SMILES string of the molecule is C=CC(=NC=C(C)C)N1CCC(C2CCN(C(=O)OC(C)(C)C)CC2)CC1. The zero-order chi connectivity index (χ0) is 20.0. The van der Waals surface area contributed by atoms with Crippen molar-refractivity contribution in [2.24, 2.45) is 16.8 Å². The number of ether oxygens (including phenoxy) is 1. The van der Waals surface area contributed by atoms with E-state index in [1.165, 1.54) is 18.4 Å². The van der Waals surface area contributed by atoms with E-state index in [1.54, 1.807) is 0 Å². The number of aliphatic imine (C=N–C) groups is 1. The van der Waals surface area contributed by atoms with Gasteiger partial charge >= 0.3 is 6.09 Å². The summed E-state index contributed by atoms with van der Waals surface area (Å²) in [6.07, 6.45) is 8.17. The summed E-state index contributed by atoms with van der Waals surface area (Å²) < 4.78 is 5.50. The second-order valence-electron chi connectivity index (χ2n) is 9.03. The van der Waals surface area contributed by atoms with Gasteiger partial charge in [0.05, 0.1) is 0 Å². The maximum absolute atomic E-state index is 12.2. The first-order valence-corrected chi connectivity index (χ1v) is 10.3. The summed E-state index contributed by atoms with van der Waals surface area (Å²) in [5, 5.41) is 0. The van der Waals surface area contributed by atoms with Crippen LogP contribution in [-0.4, -0.2) is 53.5 Å². The summed E-state index contributed by atoms with van der Waals surface area (Å²) in [5.41, 5.74) is 0.775. The predicted molar refractivity (Wildman–Crippen MR) is 112 cm³/mol. The van der Waals surface area contributed by atoms with E-state index in [1.807, 2.05) is 37.9 Å². The molecular formula is C22H37N3O2. The fraction of sp³-hybridized carbons (Fsp3) is 0.727. The van der Waals surface area contributed by atoms with E-state index in [0.717, 1.165) is 50.8 Å². The smallest absolute Gasteiger partial charge is 0.410 e. The van der Waals surface area contributed by atoms with Gasteiger partial charge in [-0.1, -0.05) is 12.2 Å². The Bertz CT molecular complexity index is 569. The zero-order valence-electron chi connectivity index (χ0n) is 17.8. The number of hydrogen-bond acceptors (Lipinski definition) is 3. The number of rotatable bonds is 3. The Morgan fingerprint density at radius 1 is 1.00 bits per heavy atom. The van der Waals surface area contributed by atoms with Gasteiger partial charge in [0.15, 0.2) is 0 Å². The topological polar surface area (TPSA) is 45.1 Å². The van der Waals surface area contributed by atoms with Crippen molar-refractivity contribution in [1.29, 1.82) is 0 Å². The lowest BCUT2D eigenvalue weighted by atomic mass is 9.79. The Hall–Kier alpha value is -1.78. The van der Waals surface area contributed by atoms with E-state index < -0.39 is 5.60 Å². The van der Waals surface area contributed by atoms with Crippen LogP contribution in [0.25, 0.3) is 0 Å². The van der Waals surface area contributed by atoms with Crippen molar-refractivity contribution in [1.82, 2.24) is 9.80 Å². The first-order valence-electron chi connectivity index (χ1n) is 10.3. The van der Waals surface area contributed by atoms with Crippen molar-refractivity contribution < 1.29 is 9.53 Å². The molecule has 0 unspecified atom stereocenters. The predicted octanol–water partition coefficient (Wildman–Crippen LogP) is 4.85. The van der Waals surface area contributed by atoms with E-state index >= 15 is 0 Å². The lowest BCUT2D eigenvalue weighted by molar-refractivity contribution is 0.0143. The van der Waals surface area contributed by atoms with Crippen molar-refractivity contribution in [2.75, 3.05) is 26.2 Å². The third-order valence-corrected chi connectivity index (χ3v) is 5.36. The standard InChI is InChI=1S/C22H37N3O2/c1-7-20(23-16-17(2)3)24-12-8-18(9-13-24)19-10-14-25(15-11-19)21(26)27-22(4,5)6/h7,16,18-19H,1,8-15H2,2-6H3. The molecule has 0 aromatic carbocycles. The summed E-state index contributed by atoms with van der Waals surface area (Å²) >= 11 is 0. The summed E-state index contributed by atoms with van der Waals surface area (Å²) in [6.45, 7) is 17.5. The summed E-state index contributed by atoms with van der Waals surface area (Å²) in [6, 6.07) is 0. The molecule has 27 heavy (non-hydrogen) atoms. The highest BCUT2D eigenvalue weighted by Gasteiger charge is 2.32. The van der Waals surface area contributed by atoms with Gasteiger partial charge in [0.2, 0.25) is 0 Å². The maximum atomic E-state index is 12.2. The first-order chi connectivity index (χ1) is 12.7. The van der Waals surface area contributed by atoms with Gasteiger partial charge in [-0.3, -0.25) is 0 Å². The van der Waals surface area contributed by atoms with Gasteiger partial charge in [0.25, 0.3) is 0 Å². The normalized spacial score (nSPS) is 20.4. The fourth-order valence-corrected chi connectivity index (χ4v) is 3.94. The van der Waals surface area contributed by atoms with Crippen molar-refractivity contribution in [3.05, 3.63) is 24.4 Å². The molecule has 2 rings (SSSR count). The van der Waals surface area contributed by atoms with Crippen molar-refractivity contribution in [3.63, 3.8) is 0 Å². The Morgan fingerprint density at radius 3 is 1.89 bits per heavy atom. The minimum Gasteiger partial charge on any atom is -0.444 e. The first kappa shape index (κ1) is 21.5. The zero-order valence-corrected chi connectivity index (χ0v) is 17.8. The molecule has 2 heterocycles. The van der Waals surface area contributed by atoms with Gasteiger partial charge < -0.3 is 14.5 Å². The molecule has 2 aliphatic rings. The van der Waals surface area contributed by atoms with Crippen LogP contribution in [0, 0.1) is 11.8 Å². The van der Waals surface area contributed by atoms with E-state index in [4.69, 9.17) is 4.74 Å². The van der Waals surface area contributed by atoms with Crippen LogP contribution in [-0.2, 0) is 4.74 Å². The quantitative estimate of drug-likeness (QED) is 0.523. The monoisotopic (exact) mass is 375 g/mol. The largest absolute Gasteiger partial charge is 0.444 e. The number of piperidine rings is 2. The molecular weight excluding hydrogens is 338 g/mol. The van der Waals surface area contributed by atoms with Crippen molar-refractivity contribution >= 4 is 11.9 Å². The maximum Gasteiger partial charge on any atom is 0.410 e. The van der Waals surface area contributed by atoms with Crippen LogP contribution in [0.5, 0.6) is 0 Å². The third-order valence-electron chi connectivity index (χ3n) is 5.36. The van der Waals surface area contributed by atoms with Gasteiger partial charge in [0, 0.05) is 32.4 Å². The third kappa shape index (κ3) is 6.71. The van der Waals surface area contributed by atoms with Crippen LogP contribution in [0.3, 0.4) is 0 Å². The van der Waals surface area contributed by atoms with Gasteiger partial charge in [-0.25, -0.2) is 9.79 Å². The molecule has 0 atom stereocenters. The van der Waals surface area contributed by atoms with E-state index in [2.05, 4.69) is 30.3 Å². The van der Waals surface area contributed by atoms with Gasteiger partial charge in [-0.2, -0.15) is 0 Å². The average Bonchev–Trinajstić information content (AvgIpc) is 2.61. The highest BCUT2D eigenvalue weighted by Crippen LogP contribution is 2.33. The Kier molecular flexibility index (Phi) is 7.51. The molecule has 2 fully saturated rings. The molecule has 2 saturated heterocycles. The Labute approximate surface area is 165 Å². The summed E-state index contributed by atoms with van der Waals surface area (Å²) in [7, 11) is 0. The molecule has 0 aromatic heterocycles. The molecule has 5 nitrogen and oxygen atoms in total.